The minimum absolute atomic E-state index is 0.129. The fourth-order valence-electron chi connectivity index (χ4n) is 2.69. The summed E-state index contributed by atoms with van der Waals surface area (Å²) in [5.74, 6) is -8.98. The molecule has 0 aliphatic carbocycles. The third-order valence-electron chi connectivity index (χ3n) is 4.14. The van der Waals surface area contributed by atoms with Crippen LogP contribution in [0.3, 0.4) is 0 Å². The summed E-state index contributed by atoms with van der Waals surface area (Å²) in [6.45, 7) is 1.46. The molecule has 0 fully saturated rings. The molecule has 2 heterocycles. The molecule has 0 saturated heterocycles. The number of aromatic nitrogens is 3. The van der Waals surface area contributed by atoms with Gasteiger partial charge >= 0.3 is 18.3 Å². The summed E-state index contributed by atoms with van der Waals surface area (Å²) in [5.41, 5.74) is -3.63. The van der Waals surface area contributed by atoms with E-state index in [4.69, 9.17) is 0 Å². The molecule has 1 N–H and O–H groups in total. The summed E-state index contributed by atoms with van der Waals surface area (Å²) in [6.07, 6.45) is -12.1. The van der Waals surface area contributed by atoms with Crippen LogP contribution in [0, 0.1) is 6.92 Å². The van der Waals surface area contributed by atoms with E-state index in [1.54, 1.807) is 0 Å². The van der Waals surface area contributed by atoms with E-state index in [0.717, 1.165) is 27.3 Å². The molecule has 2 aromatic heterocycles. The van der Waals surface area contributed by atoms with Gasteiger partial charge in [0.15, 0.2) is 11.6 Å². The number of carbonyl (C=O) groups excluding carboxylic acids is 1. The predicted octanol–water partition coefficient (Wildman–Crippen LogP) is 5.83. The summed E-state index contributed by atoms with van der Waals surface area (Å²) in [5, 5.41) is 5.29. The molecular weight excluding hydrogens is 460 g/mol. The van der Waals surface area contributed by atoms with Crippen molar-refractivity contribution in [3.05, 3.63) is 57.5 Å². The summed E-state index contributed by atoms with van der Waals surface area (Å²) in [6, 6.07) is 5.65. The zero-order valence-corrected chi connectivity index (χ0v) is 16.0. The molecule has 0 aliphatic rings. The first kappa shape index (κ1) is 22.7. The summed E-state index contributed by atoms with van der Waals surface area (Å²) >= 11 is 0.857. The molecule has 0 saturated carbocycles. The van der Waals surface area contributed by atoms with E-state index in [1.165, 1.54) is 31.2 Å². The Hall–Kier alpha value is -3.03. The van der Waals surface area contributed by atoms with E-state index in [1.807, 2.05) is 0 Å². The van der Waals surface area contributed by atoms with Crippen LogP contribution in [0.5, 0.6) is 0 Å². The number of aromatic amines is 1. The number of rotatable bonds is 4. The average Bonchev–Trinajstić information content (AvgIpc) is 3.31. The maximum Gasteiger partial charge on any atom is 0.459 e. The van der Waals surface area contributed by atoms with E-state index in [0.29, 0.717) is 5.56 Å². The highest BCUT2D eigenvalue weighted by Gasteiger charge is 2.63. The quantitative estimate of drug-likeness (QED) is 0.489. The highest BCUT2D eigenvalue weighted by atomic mass is 32.1. The highest BCUT2D eigenvalue weighted by Crippen LogP contribution is 2.50. The van der Waals surface area contributed by atoms with Gasteiger partial charge in [-0.15, -0.1) is 11.3 Å². The number of hydrogen-bond donors (Lipinski definition) is 1. The van der Waals surface area contributed by atoms with Crippen LogP contribution in [0.15, 0.2) is 35.2 Å². The van der Waals surface area contributed by atoms with Crippen LogP contribution >= 0.6 is 11.3 Å². The van der Waals surface area contributed by atoms with Gasteiger partial charge in [-0.1, -0.05) is 18.2 Å². The second-order valence-corrected chi connectivity index (χ2v) is 6.89. The van der Waals surface area contributed by atoms with Crippen LogP contribution in [0.25, 0.3) is 0 Å². The highest BCUT2D eigenvalue weighted by molar-refractivity contribution is 7.08. The zero-order valence-electron chi connectivity index (χ0n) is 15.1. The first-order chi connectivity index (χ1) is 14.3. The van der Waals surface area contributed by atoms with Crippen LogP contribution in [-0.2, 0) is 12.1 Å². The summed E-state index contributed by atoms with van der Waals surface area (Å²) in [4.78, 5) is 17.0. The number of carbonyl (C=O) groups is 1. The molecule has 31 heavy (non-hydrogen) atoms. The number of alkyl halides is 8. The lowest BCUT2D eigenvalue weighted by atomic mass is 10.1. The third-order valence-corrected chi connectivity index (χ3v) is 4.71. The predicted molar refractivity (Wildman–Crippen MR) is 93.3 cm³/mol. The van der Waals surface area contributed by atoms with Crippen LogP contribution < -0.4 is 4.90 Å². The lowest BCUT2D eigenvalue weighted by molar-refractivity contribution is -0.292. The molecule has 3 rings (SSSR count). The Labute approximate surface area is 172 Å². The number of nitrogens with one attached hydrogen (secondary N) is 1. The van der Waals surface area contributed by atoms with Gasteiger partial charge < -0.3 is 0 Å². The Morgan fingerprint density at radius 3 is 2.23 bits per heavy atom. The third kappa shape index (κ3) is 3.98. The van der Waals surface area contributed by atoms with E-state index in [2.05, 4.69) is 10.1 Å². The average molecular weight is 470 g/mol. The monoisotopic (exact) mass is 470 g/mol. The minimum atomic E-state index is -6.34. The lowest BCUT2D eigenvalue weighted by Crippen LogP contribution is -2.36. The second kappa shape index (κ2) is 7.59. The Bertz CT molecular complexity index is 1090. The fourth-order valence-corrected chi connectivity index (χ4v) is 3.21. The van der Waals surface area contributed by atoms with E-state index < -0.39 is 47.1 Å². The number of halogens is 8. The van der Waals surface area contributed by atoms with Crippen molar-refractivity contribution in [2.75, 3.05) is 4.90 Å². The Kier molecular flexibility index (Phi) is 5.54. The summed E-state index contributed by atoms with van der Waals surface area (Å²) in [7, 11) is 0. The van der Waals surface area contributed by atoms with E-state index in [-0.39, 0.29) is 10.5 Å². The lowest BCUT2D eigenvalue weighted by Gasteiger charge is -2.23. The van der Waals surface area contributed by atoms with Crippen LogP contribution in [-0.4, -0.2) is 27.3 Å². The first-order valence-corrected chi connectivity index (χ1v) is 9.10. The molecule has 0 aliphatic heterocycles. The van der Waals surface area contributed by atoms with Gasteiger partial charge in [0, 0.05) is 10.9 Å². The van der Waals surface area contributed by atoms with Gasteiger partial charge in [-0.3, -0.25) is 9.89 Å². The van der Waals surface area contributed by atoms with Crippen molar-refractivity contribution >= 4 is 28.9 Å². The Balaban J connectivity index is 2.29. The van der Waals surface area contributed by atoms with Crippen LogP contribution in [0.4, 0.5) is 46.8 Å². The Morgan fingerprint density at radius 1 is 1.06 bits per heavy atom. The van der Waals surface area contributed by atoms with Crippen LogP contribution in [0.2, 0.25) is 0 Å². The largest absolute Gasteiger partial charge is 0.459 e. The molecule has 5 nitrogen and oxygen atoms in total. The van der Waals surface area contributed by atoms with Crippen molar-refractivity contribution in [3.8, 4) is 0 Å². The molecule has 3 aromatic rings. The number of benzene rings is 1. The number of amides is 1. The van der Waals surface area contributed by atoms with Crippen LogP contribution in [0.1, 0.15) is 27.2 Å². The molecule has 0 unspecified atom stereocenters. The van der Waals surface area contributed by atoms with Gasteiger partial charge in [0.2, 0.25) is 0 Å². The SMILES string of the molecule is Cc1ccccc1C(=O)N(c1cscn1)c1n[nH]c(C(F)(F)C(F)(F)F)c1C(F)(F)F. The molecule has 0 atom stereocenters. The van der Waals surface area contributed by atoms with Gasteiger partial charge in [0.1, 0.15) is 11.3 Å². The standard InChI is InChI=1S/C17H10F8N4OS/c1-8-4-2-3-5-9(8)14(30)29(10-6-31-7-26-10)13-11(16(20,21)22)12(27-28-13)15(18,19)17(23,24)25/h2-7H,1H3,(H,27,28). The minimum Gasteiger partial charge on any atom is -0.273 e. The number of nitrogens with zero attached hydrogens (tertiary/aromatic N) is 3. The van der Waals surface area contributed by atoms with Gasteiger partial charge in [0.05, 0.1) is 5.51 Å². The van der Waals surface area contributed by atoms with Gasteiger partial charge in [0.25, 0.3) is 5.91 Å². The maximum absolute atomic E-state index is 13.8. The number of H-pyrrole nitrogens is 1. The molecule has 1 aromatic carbocycles. The molecule has 0 bridgehead atoms. The molecule has 14 heteroatoms. The van der Waals surface area contributed by atoms with Crippen molar-refractivity contribution in [3.63, 3.8) is 0 Å². The van der Waals surface area contributed by atoms with Gasteiger partial charge in [-0.2, -0.15) is 40.2 Å². The number of aryl methyl sites for hydroxylation is 1. The van der Waals surface area contributed by atoms with Crippen molar-refractivity contribution in [2.24, 2.45) is 0 Å². The van der Waals surface area contributed by atoms with Gasteiger partial charge in [-0.05, 0) is 18.6 Å². The summed E-state index contributed by atoms with van der Waals surface area (Å²) < 4.78 is 107. The maximum atomic E-state index is 13.8. The van der Waals surface area contributed by atoms with Crippen molar-refractivity contribution in [1.29, 1.82) is 0 Å². The van der Waals surface area contributed by atoms with Crippen molar-refractivity contribution in [2.45, 2.75) is 25.2 Å². The van der Waals surface area contributed by atoms with Gasteiger partial charge in [-0.25, -0.2) is 9.88 Å². The molecule has 1 amide bonds. The fraction of sp³-hybridized carbons (Fsp3) is 0.235. The molecular formula is C17H10F8N4OS. The van der Waals surface area contributed by atoms with E-state index in [9.17, 15) is 39.9 Å². The molecule has 0 radical (unpaired) electrons. The second-order valence-electron chi connectivity index (χ2n) is 6.17. The van der Waals surface area contributed by atoms with E-state index >= 15 is 0 Å². The molecule has 0 spiro atoms. The number of thiazole rings is 1. The molecule has 166 valence electrons. The smallest absolute Gasteiger partial charge is 0.273 e. The normalized spacial score (nSPS) is 12.8. The first-order valence-electron chi connectivity index (χ1n) is 8.15. The Morgan fingerprint density at radius 2 is 1.71 bits per heavy atom. The number of anilines is 2. The van der Waals surface area contributed by atoms with Crippen molar-refractivity contribution < 1.29 is 39.9 Å². The van der Waals surface area contributed by atoms with Crippen molar-refractivity contribution in [1.82, 2.24) is 15.2 Å². The zero-order chi connectivity index (χ0) is 23.2. The topological polar surface area (TPSA) is 61.9 Å². The number of hydrogen-bond acceptors (Lipinski definition) is 4.